The van der Waals surface area contributed by atoms with Crippen molar-refractivity contribution in [3.05, 3.63) is 17.6 Å². The highest BCUT2D eigenvalue weighted by atomic mass is 28.4. The number of hydrogen-bond acceptors (Lipinski definition) is 2. The van der Waals surface area contributed by atoms with Crippen LogP contribution in [0.1, 0.15) is 33.6 Å². The van der Waals surface area contributed by atoms with Crippen molar-refractivity contribution < 1.29 is 9.16 Å². The van der Waals surface area contributed by atoms with Gasteiger partial charge >= 0.3 is 0 Å². The Kier molecular flexibility index (Phi) is 2.78. The molecule has 0 aromatic rings. The summed E-state index contributed by atoms with van der Waals surface area (Å²) in [6.07, 6.45) is 5.83. The van der Waals surface area contributed by atoms with Gasteiger partial charge in [-0.3, -0.25) is 0 Å². The average molecular weight is 306 g/mol. The molecule has 0 aromatic heterocycles. The lowest BCUT2D eigenvalue weighted by molar-refractivity contribution is 0.0971. The van der Waals surface area contributed by atoms with Crippen LogP contribution in [-0.4, -0.2) is 27.6 Å². The summed E-state index contributed by atoms with van der Waals surface area (Å²) in [4.78, 5) is 0. The summed E-state index contributed by atoms with van der Waals surface area (Å²) in [5.74, 6) is 1.36. The SMILES string of the molecule is CO[C@H]1C2=C3C[Si](C)(C)O[C@@H]3C[C@]2(C)[C@H]2CC(C)(C)[CH][C@@H]12. The maximum atomic E-state index is 6.48. The van der Waals surface area contributed by atoms with E-state index >= 15 is 0 Å². The first-order valence-corrected chi connectivity index (χ1v) is 11.6. The Morgan fingerprint density at radius 2 is 1.95 bits per heavy atom. The first kappa shape index (κ1) is 14.5. The molecule has 0 bridgehead atoms. The molecule has 5 atom stereocenters. The van der Waals surface area contributed by atoms with E-state index in [0.717, 1.165) is 5.92 Å². The standard InChI is InChI=1S/C18H29O2Si/c1-17(2)7-11-13(8-17)18(3)9-14-12(10-21(5,6)20-14)15(18)16(11)19-4/h7,11,13-14,16H,8-10H2,1-6H3/t11-,13+,14-,16-,18-/m1/s1. The largest absolute Gasteiger partial charge is 0.410 e. The van der Waals surface area contributed by atoms with Gasteiger partial charge < -0.3 is 9.16 Å². The van der Waals surface area contributed by atoms with E-state index in [0.29, 0.717) is 29.0 Å². The Morgan fingerprint density at radius 1 is 1.24 bits per heavy atom. The highest BCUT2D eigenvalue weighted by Gasteiger charge is 2.65. The minimum Gasteiger partial charge on any atom is -0.410 e. The summed E-state index contributed by atoms with van der Waals surface area (Å²) in [5.41, 5.74) is 3.97. The van der Waals surface area contributed by atoms with Gasteiger partial charge in [-0.1, -0.05) is 20.8 Å². The van der Waals surface area contributed by atoms with E-state index in [-0.39, 0.29) is 0 Å². The number of rotatable bonds is 1. The van der Waals surface area contributed by atoms with Crippen LogP contribution in [-0.2, 0) is 9.16 Å². The van der Waals surface area contributed by atoms with Gasteiger partial charge in [-0.2, -0.15) is 0 Å². The number of hydrogen-bond donors (Lipinski definition) is 0. The molecule has 3 aliphatic carbocycles. The third-order valence-corrected chi connectivity index (χ3v) is 8.75. The minimum atomic E-state index is -1.46. The fraction of sp³-hybridized carbons (Fsp3) is 0.833. The quantitative estimate of drug-likeness (QED) is 0.534. The van der Waals surface area contributed by atoms with Crippen LogP contribution in [0.15, 0.2) is 11.1 Å². The van der Waals surface area contributed by atoms with Crippen LogP contribution < -0.4 is 0 Å². The molecule has 4 aliphatic rings. The van der Waals surface area contributed by atoms with Gasteiger partial charge in [0.2, 0.25) is 0 Å². The lowest BCUT2D eigenvalue weighted by atomic mass is 9.73. The molecular formula is C18H29O2Si. The smallest absolute Gasteiger partial charge is 0.191 e. The highest BCUT2D eigenvalue weighted by Crippen LogP contribution is 2.68. The Hall–Kier alpha value is -0.123. The van der Waals surface area contributed by atoms with Crippen molar-refractivity contribution in [2.24, 2.45) is 22.7 Å². The molecule has 1 saturated heterocycles. The molecule has 1 radical (unpaired) electrons. The van der Waals surface area contributed by atoms with Crippen LogP contribution in [0.25, 0.3) is 0 Å². The fourth-order valence-electron chi connectivity index (χ4n) is 6.05. The van der Waals surface area contributed by atoms with Gasteiger partial charge in [-0.15, -0.1) is 0 Å². The molecule has 3 fully saturated rings. The first-order chi connectivity index (χ1) is 9.67. The molecule has 117 valence electrons. The minimum absolute atomic E-state index is 0.313. The van der Waals surface area contributed by atoms with Gasteiger partial charge in [0.25, 0.3) is 0 Å². The van der Waals surface area contributed by atoms with E-state index in [1.54, 1.807) is 11.1 Å². The Balaban J connectivity index is 1.79. The number of methoxy groups -OCH3 is 1. The summed E-state index contributed by atoms with van der Waals surface area (Å²) < 4.78 is 12.5. The van der Waals surface area contributed by atoms with E-state index in [1.807, 2.05) is 7.11 Å². The molecular weight excluding hydrogens is 276 g/mol. The Morgan fingerprint density at radius 3 is 2.62 bits per heavy atom. The molecule has 4 rings (SSSR count). The van der Waals surface area contributed by atoms with Crippen LogP contribution in [0, 0.1) is 29.1 Å². The lowest BCUT2D eigenvalue weighted by Crippen LogP contribution is -2.30. The highest BCUT2D eigenvalue weighted by molar-refractivity contribution is 6.72. The predicted octanol–water partition coefficient (Wildman–Crippen LogP) is 4.19. The second-order valence-electron chi connectivity index (χ2n) is 9.30. The zero-order valence-electron chi connectivity index (χ0n) is 14.3. The van der Waals surface area contributed by atoms with Crippen molar-refractivity contribution in [2.75, 3.05) is 7.11 Å². The van der Waals surface area contributed by atoms with E-state index in [2.05, 4.69) is 40.3 Å². The molecule has 21 heavy (non-hydrogen) atoms. The van der Waals surface area contributed by atoms with Gasteiger partial charge in [-0.05, 0) is 72.2 Å². The van der Waals surface area contributed by atoms with Gasteiger partial charge in [0.1, 0.15) is 0 Å². The summed E-state index contributed by atoms with van der Waals surface area (Å²) in [5, 5.41) is 0. The molecule has 1 aliphatic heterocycles. The van der Waals surface area contributed by atoms with Crippen LogP contribution in [0.2, 0.25) is 19.1 Å². The van der Waals surface area contributed by atoms with E-state index in [1.165, 1.54) is 18.9 Å². The van der Waals surface area contributed by atoms with Crippen molar-refractivity contribution in [1.82, 2.24) is 0 Å². The molecule has 2 saturated carbocycles. The molecule has 3 heteroatoms. The van der Waals surface area contributed by atoms with Crippen LogP contribution in [0.3, 0.4) is 0 Å². The van der Waals surface area contributed by atoms with Gasteiger partial charge in [0, 0.05) is 7.11 Å². The summed E-state index contributed by atoms with van der Waals surface area (Å²) in [6, 6.07) is 1.23. The second kappa shape index (κ2) is 4.04. The van der Waals surface area contributed by atoms with Gasteiger partial charge in [-0.25, -0.2) is 0 Å². The normalized spacial score (nSPS) is 49.4. The van der Waals surface area contributed by atoms with Crippen molar-refractivity contribution in [1.29, 1.82) is 0 Å². The maximum Gasteiger partial charge on any atom is 0.191 e. The zero-order valence-corrected chi connectivity index (χ0v) is 15.3. The second-order valence-corrected chi connectivity index (χ2v) is 13.4. The van der Waals surface area contributed by atoms with Gasteiger partial charge in [0.15, 0.2) is 8.32 Å². The molecule has 2 nitrogen and oxygen atoms in total. The molecule has 0 amide bonds. The average Bonchev–Trinajstić information content (AvgIpc) is 2.93. The Labute approximate surface area is 130 Å². The number of ether oxygens (including phenoxy) is 1. The van der Waals surface area contributed by atoms with E-state index in [9.17, 15) is 0 Å². The molecule has 0 N–H and O–H groups in total. The third-order valence-electron chi connectivity index (χ3n) is 6.60. The van der Waals surface area contributed by atoms with Crippen molar-refractivity contribution >= 4 is 8.32 Å². The Bertz CT molecular complexity index is 521. The van der Waals surface area contributed by atoms with Crippen LogP contribution in [0.5, 0.6) is 0 Å². The summed E-state index contributed by atoms with van der Waals surface area (Å²) >= 11 is 0. The molecule has 1 heterocycles. The fourth-order valence-corrected chi connectivity index (χ4v) is 8.46. The summed E-state index contributed by atoms with van der Waals surface area (Å²) in [6.45, 7) is 12.0. The molecule has 0 aromatic carbocycles. The van der Waals surface area contributed by atoms with Crippen LogP contribution in [0.4, 0.5) is 0 Å². The zero-order chi connectivity index (χ0) is 15.2. The van der Waals surface area contributed by atoms with Crippen molar-refractivity contribution in [2.45, 2.75) is 65.0 Å². The molecule has 0 unspecified atom stereocenters. The predicted molar refractivity (Wildman–Crippen MR) is 87.4 cm³/mol. The maximum absolute atomic E-state index is 6.48. The van der Waals surface area contributed by atoms with E-state index < -0.39 is 8.32 Å². The summed E-state index contributed by atoms with van der Waals surface area (Å²) in [7, 11) is 0.449. The van der Waals surface area contributed by atoms with E-state index in [4.69, 9.17) is 9.16 Å². The number of fused-ring (bicyclic) bond motifs is 4. The monoisotopic (exact) mass is 305 g/mol. The van der Waals surface area contributed by atoms with Crippen molar-refractivity contribution in [3.63, 3.8) is 0 Å². The third kappa shape index (κ3) is 1.83. The van der Waals surface area contributed by atoms with Crippen molar-refractivity contribution in [3.8, 4) is 0 Å². The lowest BCUT2D eigenvalue weighted by Gasteiger charge is -2.33. The van der Waals surface area contributed by atoms with Crippen LogP contribution >= 0.6 is 0 Å². The topological polar surface area (TPSA) is 18.5 Å². The molecule has 0 spiro atoms. The first-order valence-electron chi connectivity index (χ1n) is 8.47. The van der Waals surface area contributed by atoms with Gasteiger partial charge in [0.05, 0.1) is 12.2 Å².